The van der Waals surface area contributed by atoms with E-state index < -0.39 is 5.97 Å². The molecule has 1 aliphatic heterocycles. The molecule has 1 aromatic rings. The van der Waals surface area contributed by atoms with Gasteiger partial charge in [0.15, 0.2) is 4.34 Å². The molecule has 0 bridgehead atoms. The number of nitrogens with zero attached hydrogens (tertiary/aromatic N) is 2. The predicted octanol–water partition coefficient (Wildman–Crippen LogP) is 2.57. The quantitative estimate of drug-likeness (QED) is 0.841. The summed E-state index contributed by atoms with van der Waals surface area (Å²) in [6.45, 7) is 4.76. The van der Waals surface area contributed by atoms with E-state index in [1.165, 1.54) is 29.5 Å². The van der Waals surface area contributed by atoms with Gasteiger partial charge in [-0.3, -0.25) is 9.59 Å². The van der Waals surface area contributed by atoms with Crippen LogP contribution in [0.2, 0.25) is 0 Å². The molecule has 21 heavy (non-hydrogen) atoms. The van der Waals surface area contributed by atoms with Gasteiger partial charge in [0.1, 0.15) is 0 Å². The van der Waals surface area contributed by atoms with Gasteiger partial charge in [0.2, 0.25) is 5.91 Å². The number of carboxylic acid groups (broad SMARTS) is 1. The fourth-order valence-electron chi connectivity index (χ4n) is 2.44. The van der Waals surface area contributed by atoms with Gasteiger partial charge in [0, 0.05) is 17.5 Å². The van der Waals surface area contributed by atoms with Crippen molar-refractivity contribution in [2.45, 2.75) is 49.9 Å². The van der Waals surface area contributed by atoms with Crippen molar-refractivity contribution in [3.8, 4) is 0 Å². The molecule has 0 aromatic carbocycles. The molecule has 7 heteroatoms. The van der Waals surface area contributed by atoms with Gasteiger partial charge in [-0.15, -0.1) is 11.3 Å². The number of carbonyl (C=O) groups excluding carboxylic acids is 1. The van der Waals surface area contributed by atoms with E-state index in [2.05, 4.69) is 11.9 Å². The molecule has 2 heterocycles. The number of hydrogen-bond acceptors (Lipinski definition) is 5. The van der Waals surface area contributed by atoms with Gasteiger partial charge in [-0.05, 0) is 33.1 Å². The summed E-state index contributed by atoms with van der Waals surface area (Å²) in [7, 11) is 0. The van der Waals surface area contributed by atoms with Crippen LogP contribution in [0.3, 0.4) is 0 Å². The highest BCUT2D eigenvalue weighted by Gasteiger charge is 2.23. The Morgan fingerprint density at radius 1 is 1.48 bits per heavy atom. The Balaban J connectivity index is 1.90. The second kappa shape index (κ2) is 7.26. The van der Waals surface area contributed by atoms with E-state index in [1.807, 2.05) is 11.8 Å². The number of piperidine rings is 1. The summed E-state index contributed by atoms with van der Waals surface area (Å²) < 4.78 is 0.779. The van der Waals surface area contributed by atoms with Gasteiger partial charge < -0.3 is 10.0 Å². The minimum atomic E-state index is -0.850. The van der Waals surface area contributed by atoms with E-state index >= 15 is 0 Å². The highest BCUT2D eigenvalue weighted by Crippen LogP contribution is 2.28. The first-order chi connectivity index (χ1) is 9.97. The van der Waals surface area contributed by atoms with Crippen LogP contribution in [0, 0.1) is 6.92 Å². The molecule has 0 radical (unpaired) electrons. The average Bonchev–Trinajstić information content (AvgIpc) is 2.76. The van der Waals surface area contributed by atoms with Crippen molar-refractivity contribution in [3.05, 3.63) is 10.6 Å². The first-order valence-corrected chi connectivity index (χ1v) is 8.88. The van der Waals surface area contributed by atoms with E-state index in [-0.39, 0.29) is 12.3 Å². The van der Waals surface area contributed by atoms with Crippen molar-refractivity contribution in [3.63, 3.8) is 0 Å². The number of aliphatic carboxylic acids is 1. The minimum Gasteiger partial charge on any atom is -0.481 e. The molecule has 1 N–H and O–H groups in total. The Morgan fingerprint density at radius 2 is 2.24 bits per heavy atom. The van der Waals surface area contributed by atoms with Crippen molar-refractivity contribution in [2.75, 3.05) is 12.3 Å². The zero-order valence-electron chi connectivity index (χ0n) is 12.3. The number of rotatable bonds is 5. The third kappa shape index (κ3) is 4.44. The second-order valence-electron chi connectivity index (χ2n) is 5.28. The Labute approximate surface area is 132 Å². The maximum atomic E-state index is 12.2. The summed E-state index contributed by atoms with van der Waals surface area (Å²) >= 11 is 2.79. The molecule has 0 spiro atoms. The molecular formula is C14H20N2O3S2. The SMILES string of the molecule is Cc1nc(SCC(=O)N2CCCCC2C)sc1CC(=O)O. The molecule has 1 fully saturated rings. The Morgan fingerprint density at radius 3 is 2.90 bits per heavy atom. The highest BCUT2D eigenvalue weighted by molar-refractivity contribution is 8.01. The lowest BCUT2D eigenvalue weighted by atomic mass is 10.0. The Kier molecular flexibility index (Phi) is 5.64. The fourth-order valence-corrected chi connectivity index (χ4v) is 4.55. The van der Waals surface area contributed by atoms with Crippen molar-refractivity contribution >= 4 is 35.0 Å². The van der Waals surface area contributed by atoms with Crippen LogP contribution in [0.5, 0.6) is 0 Å². The monoisotopic (exact) mass is 328 g/mol. The molecule has 1 aromatic heterocycles. The first-order valence-electron chi connectivity index (χ1n) is 7.07. The molecular weight excluding hydrogens is 308 g/mol. The smallest absolute Gasteiger partial charge is 0.308 e. The molecule has 0 aliphatic carbocycles. The molecule has 0 saturated carbocycles. The van der Waals surface area contributed by atoms with Crippen LogP contribution in [0.25, 0.3) is 0 Å². The van der Waals surface area contributed by atoms with Crippen LogP contribution < -0.4 is 0 Å². The van der Waals surface area contributed by atoms with E-state index in [0.29, 0.717) is 11.8 Å². The van der Waals surface area contributed by atoms with E-state index in [0.717, 1.165) is 34.3 Å². The maximum absolute atomic E-state index is 12.2. The highest BCUT2D eigenvalue weighted by atomic mass is 32.2. The number of thiazole rings is 1. The lowest BCUT2D eigenvalue weighted by Crippen LogP contribution is -2.42. The number of thioether (sulfide) groups is 1. The summed E-state index contributed by atoms with van der Waals surface area (Å²) in [6, 6.07) is 0.326. The maximum Gasteiger partial charge on any atom is 0.308 e. The van der Waals surface area contributed by atoms with Crippen LogP contribution in [0.1, 0.15) is 36.8 Å². The molecule has 5 nitrogen and oxygen atoms in total. The Hall–Kier alpha value is -1.08. The number of carbonyl (C=O) groups is 2. The predicted molar refractivity (Wildman–Crippen MR) is 83.9 cm³/mol. The third-order valence-electron chi connectivity index (χ3n) is 3.63. The number of aryl methyl sites for hydroxylation is 1. The molecule has 1 unspecified atom stereocenters. The van der Waals surface area contributed by atoms with Crippen LogP contribution in [-0.2, 0) is 16.0 Å². The second-order valence-corrected chi connectivity index (χ2v) is 7.59. The summed E-state index contributed by atoms with van der Waals surface area (Å²) in [5, 5.41) is 8.83. The van der Waals surface area contributed by atoms with Crippen LogP contribution in [0.15, 0.2) is 4.34 Å². The van der Waals surface area contributed by atoms with Crippen LogP contribution in [0.4, 0.5) is 0 Å². The molecule has 1 saturated heterocycles. The standard InChI is InChI=1S/C14H20N2O3S2/c1-9-5-3-4-6-16(9)12(17)8-20-14-15-10(2)11(21-14)7-13(18)19/h9H,3-8H2,1-2H3,(H,18,19). The first kappa shape index (κ1) is 16.3. The summed E-state index contributed by atoms with van der Waals surface area (Å²) in [5.41, 5.74) is 0.753. The molecule has 1 amide bonds. The van der Waals surface area contributed by atoms with Gasteiger partial charge in [0.25, 0.3) is 0 Å². The van der Waals surface area contributed by atoms with Gasteiger partial charge >= 0.3 is 5.97 Å². The normalized spacial score (nSPS) is 18.8. The zero-order chi connectivity index (χ0) is 15.4. The fraction of sp³-hybridized carbons (Fsp3) is 0.643. The van der Waals surface area contributed by atoms with Crippen molar-refractivity contribution in [2.24, 2.45) is 0 Å². The molecule has 1 atom stereocenters. The minimum absolute atomic E-state index is 0.00116. The lowest BCUT2D eigenvalue weighted by molar-refractivity contribution is -0.136. The van der Waals surface area contributed by atoms with Crippen molar-refractivity contribution in [1.82, 2.24) is 9.88 Å². The van der Waals surface area contributed by atoms with E-state index in [4.69, 9.17) is 5.11 Å². The van der Waals surface area contributed by atoms with Crippen molar-refractivity contribution in [1.29, 1.82) is 0 Å². The number of carboxylic acids is 1. The number of amides is 1. The molecule has 2 rings (SSSR count). The van der Waals surface area contributed by atoms with E-state index in [9.17, 15) is 9.59 Å². The summed E-state index contributed by atoms with van der Waals surface area (Å²) in [4.78, 5) is 30.1. The topological polar surface area (TPSA) is 70.5 Å². The molecule has 1 aliphatic rings. The summed E-state index contributed by atoms with van der Waals surface area (Å²) in [5.74, 6) is -0.319. The molecule has 116 valence electrons. The van der Waals surface area contributed by atoms with Crippen LogP contribution in [-0.4, -0.2) is 45.2 Å². The van der Waals surface area contributed by atoms with Gasteiger partial charge in [-0.25, -0.2) is 4.98 Å². The van der Waals surface area contributed by atoms with Gasteiger partial charge in [0.05, 0.1) is 17.9 Å². The van der Waals surface area contributed by atoms with Gasteiger partial charge in [-0.2, -0.15) is 0 Å². The third-order valence-corrected chi connectivity index (χ3v) is 5.91. The average molecular weight is 328 g/mol. The van der Waals surface area contributed by atoms with Crippen molar-refractivity contribution < 1.29 is 14.7 Å². The number of likely N-dealkylation sites (tertiary alicyclic amines) is 1. The number of hydrogen-bond donors (Lipinski definition) is 1. The Bertz CT molecular complexity index is 530. The van der Waals surface area contributed by atoms with Gasteiger partial charge in [-0.1, -0.05) is 11.8 Å². The van der Waals surface area contributed by atoms with Crippen LogP contribution >= 0.6 is 23.1 Å². The van der Waals surface area contributed by atoms with E-state index in [1.54, 1.807) is 0 Å². The lowest BCUT2D eigenvalue weighted by Gasteiger charge is -2.33. The number of aromatic nitrogens is 1. The largest absolute Gasteiger partial charge is 0.481 e. The zero-order valence-corrected chi connectivity index (χ0v) is 13.9. The summed E-state index contributed by atoms with van der Waals surface area (Å²) in [6.07, 6.45) is 3.36.